The fourth-order valence-corrected chi connectivity index (χ4v) is 2.55. The van der Waals surface area contributed by atoms with Crippen LogP contribution in [0.3, 0.4) is 0 Å². The number of hydrogen-bond donors (Lipinski definition) is 1. The normalized spacial score (nSPS) is 11.3. The lowest BCUT2D eigenvalue weighted by molar-refractivity contribution is -0.136. The molecule has 1 aromatic heterocycles. The molecule has 0 aliphatic heterocycles. The summed E-state index contributed by atoms with van der Waals surface area (Å²) in [5.74, 6) is 0.0308. The Morgan fingerprint density at radius 2 is 1.89 bits per heavy atom. The van der Waals surface area contributed by atoms with Gasteiger partial charge in [0.05, 0.1) is 18.4 Å². The number of carbonyl (C=O) groups is 1. The fourth-order valence-electron chi connectivity index (χ4n) is 2.55. The molecule has 3 aromatic rings. The van der Waals surface area contributed by atoms with Crippen molar-refractivity contribution in [2.75, 3.05) is 19.0 Å². The van der Waals surface area contributed by atoms with Gasteiger partial charge in [-0.15, -0.1) is 0 Å². The molecule has 0 atom stereocenters. The number of alkyl halides is 3. The zero-order valence-corrected chi connectivity index (χ0v) is 14.5. The molecule has 0 radical (unpaired) electrons. The molecule has 9 heteroatoms. The number of nitrogens with one attached hydrogen (secondary N) is 1. The lowest BCUT2D eigenvalue weighted by Crippen LogP contribution is -2.20. The van der Waals surface area contributed by atoms with Crippen LogP contribution in [-0.2, 0) is 11.0 Å². The molecule has 1 amide bonds. The van der Waals surface area contributed by atoms with Crippen molar-refractivity contribution in [3.05, 3.63) is 64.5 Å². The first kappa shape index (κ1) is 19.3. The number of amides is 1. The third-order valence-corrected chi connectivity index (χ3v) is 3.77. The summed E-state index contributed by atoms with van der Waals surface area (Å²) in [5.41, 5.74) is -2.08. The van der Waals surface area contributed by atoms with Gasteiger partial charge in [-0.05, 0) is 24.3 Å². The maximum absolute atomic E-state index is 13.0. The Balaban J connectivity index is 1.76. The summed E-state index contributed by atoms with van der Waals surface area (Å²) in [4.78, 5) is 23.5. The van der Waals surface area contributed by atoms with Gasteiger partial charge >= 0.3 is 11.8 Å². The zero-order chi connectivity index (χ0) is 20.3. The number of anilines is 1. The van der Waals surface area contributed by atoms with Crippen molar-refractivity contribution in [2.45, 2.75) is 6.18 Å². The molecule has 2 aromatic carbocycles. The van der Waals surface area contributed by atoms with E-state index in [2.05, 4.69) is 5.32 Å². The first-order chi connectivity index (χ1) is 13.3. The molecular weight excluding hydrogens is 379 g/mol. The van der Waals surface area contributed by atoms with Gasteiger partial charge in [0.15, 0.2) is 6.61 Å². The molecular formula is C19H14F3NO5. The Labute approximate surface area is 156 Å². The molecule has 6 nitrogen and oxygen atoms in total. The highest BCUT2D eigenvalue weighted by molar-refractivity contribution is 5.93. The molecule has 0 fully saturated rings. The van der Waals surface area contributed by atoms with Crippen molar-refractivity contribution in [1.82, 2.24) is 0 Å². The van der Waals surface area contributed by atoms with Crippen LogP contribution in [-0.4, -0.2) is 19.6 Å². The number of fused-ring (bicyclic) bond motifs is 1. The average molecular weight is 393 g/mol. The summed E-state index contributed by atoms with van der Waals surface area (Å²) in [7, 11) is 1.46. The highest BCUT2D eigenvalue weighted by Crippen LogP contribution is 2.34. The highest BCUT2D eigenvalue weighted by atomic mass is 19.4. The summed E-state index contributed by atoms with van der Waals surface area (Å²) in [6, 6.07) is 10.7. The first-order valence-corrected chi connectivity index (χ1v) is 7.98. The van der Waals surface area contributed by atoms with E-state index in [-0.39, 0.29) is 16.7 Å². The Kier molecular flexibility index (Phi) is 5.25. The Bertz CT molecular complexity index is 1080. The highest BCUT2D eigenvalue weighted by Gasteiger charge is 2.33. The summed E-state index contributed by atoms with van der Waals surface area (Å²) in [6.45, 7) is -0.410. The summed E-state index contributed by atoms with van der Waals surface area (Å²) < 4.78 is 54.4. The monoisotopic (exact) mass is 393 g/mol. The lowest BCUT2D eigenvalue weighted by atomic mass is 10.1. The number of ether oxygens (including phenoxy) is 2. The minimum Gasteiger partial charge on any atom is -0.495 e. The van der Waals surface area contributed by atoms with Crippen molar-refractivity contribution in [3.8, 4) is 11.5 Å². The summed E-state index contributed by atoms with van der Waals surface area (Å²) >= 11 is 0. The molecule has 28 heavy (non-hydrogen) atoms. The number of halogens is 3. The van der Waals surface area contributed by atoms with E-state index in [0.29, 0.717) is 17.5 Å². The maximum atomic E-state index is 13.0. The maximum Gasteiger partial charge on any atom is 0.417 e. The molecule has 1 heterocycles. The van der Waals surface area contributed by atoms with Gasteiger partial charge in [-0.25, -0.2) is 4.79 Å². The van der Waals surface area contributed by atoms with Crippen LogP contribution < -0.4 is 20.4 Å². The largest absolute Gasteiger partial charge is 0.495 e. The number of methoxy groups -OCH3 is 1. The standard InChI is InChI=1S/C19H14F3NO5/c1-26-15-5-3-2-4-14(15)23-17(24)10-27-11-6-7-12-13(19(20,21)22)9-18(25)28-16(12)8-11/h2-9H,10H2,1H3,(H,23,24). The van der Waals surface area contributed by atoms with Crippen LogP contribution >= 0.6 is 0 Å². The third-order valence-electron chi connectivity index (χ3n) is 3.77. The van der Waals surface area contributed by atoms with E-state index < -0.39 is 29.9 Å². The molecule has 146 valence electrons. The van der Waals surface area contributed by atoms with Crippen molar-refractivity contribution < 1.29 is 31.9 Å². The summed E-state index contributed by atoms with van der Waals surface area (Å²) in [6.07, 6.45) is -4.70. The van der Waals surface area contributed by atoms with E-state index >= 15 is 0 Å². The average Bonchev–Trinajstić information content (AvgIpc) is 2.65. The van der Waals surface area contributed by atoms with Crippen LogP contribution in [0, 0.1) is 0 Å². The van der Waals surface area contributed by atoms with Gasteiger partial charge in [0, 0.05) is 17.5 Å². The molecule has 0 spiro atoms. The van der Waals surface area contributed by atoms with Gasteiger partial charge in [-0.2, -0.15) is 13.2 Å². The molecule has 0 saturated carbocycles. The number of hydrogen-bond acceptors (Lipinski definition) is 5. The van der Waals surface area contributed by atoms with Crippen molar-refractivity contribution in [1.29, 1.82) is 0 Å². The second-order valence-electron chi connectivity index (χ2n) is 5.67. The Hall–Kier alpha value is -3.49. The summed E-state index contributed by atoms with van der Waals surface area (Å²) in [5, 5.41) is 2.32. The number of rotatable bonds is 5. The van der Waals surface area contributed by atoms with Crippen molar-refractivity contribution >= 4 is 22.6 Å². The zero-order valence-electron chi connectivity index (χ0n) is 14.5. The first-order valence-electron chi connectivity index (χ1n) is 7.98. The van der Waals surface area contributed by atoms with Crippen LogP contribution in [0.1, 0.15) is 5.56 Å². The number of carbonyl (C=O) groups excluding carboxylic acids is 1. The van der Waals surface area contributed by atoms with E-state index in [9.17, 15) is 22.8 Å². The van der Waals surface area contributed by atoms with Crippen molar-refractivity contribution in [3.63, 3.8) is 0 Å². The number of benzene rings is 2. The molecule has 1 N–H and O–H groups in total. The number of para-hydroxylation sites is 2. The smallest absolute Gasteiger partial charge is 0.417 e. The van der Waals surface area contributed by atoms with E-state index in [1.807, 2.05) is 0 Å². The molecule has 0 aliphatic carbocycles. The van der Waals surface area contributed by atoms with Crippen LogP contribution in [0.15, 0.2) is 57.7 Å². The van der Waals surface area contributed by atoms with Gasteiger partial charge in [-0.1, -0.05) is 12.1 Å². The van der Waals surface area contributed by atoms with E-state index in [1.165, 1.54) is 13.2 Å². The molecule has 0 saturated heterocycles. The molecule has 3 rings (SSSR count). The van der Waals surface area contributed by atoms with Crippen molar-refractivity contribution in [2.24, 2.45) is 0 Å². The topological polar surface area (TPSA) is 77.8 Å². The van der Waals surface area contributed by atoms with Crippen LogP contribution in [0.4, 0.5) is 18.9 Å². The molecule has 0 unspecified atom stereocenters. The SMILES string of the molecule is COc1ccccc1NC(=O)COc1ccc2c(C(F)(F)F)cc(=O)oc2c1. The van der Waals surface area contributed by atoms with Gasteiger partial charge in [-0.3, -0.25) is 4.79 Å². The van der Waals surface area contributed by atoms with Gasteiger partial charge in [0.25, 0.3) is 5.91 Å². The predicted molar refractivity (Wildman–Crippen MR) is 94.6 cm³/mol. The quantitative estimate of drug-likeness (QED) is 0.667. The predicted octanol–water partition coefficient (Wildman–Crippen LogP) is 3.84. The van der Waals surface area contributed by atoms with Crippen LogP contribution in [0.5, 0.6) is 11.5 Å². The van der Waals surface area contributed by atoms with Crippen LogP contribution in [0.25, 0.3) is 11.0 Å². The minimum atomic E-state index is -4.70. The van der Waals surface area contributed by atoms with Gasteiger partial charge in [0.1, 0.15) is 17.1 Å². The lowest BCUT2D eigenvalue weighted by Gasteiger charge is -2.12. The van der Waals surface area contributed by atoms with E-state index in [0.717, 1.165) is 12.1 Å². The molecule has 0 aliphatic rings. The van der Waals surface area contributed by atoms with E-state index in [1.54, 1.807) is 24.3 Å². The Morgan fingerprint density at radius 3 is 2.61 bits per heavy atom. The van der Waals surface area contributed by atoms with Crippen LogP contribution in [0.2, 0.25) is 0 Å². The van der Waals surface area contributed by atoms with E-state index in [4.69, 9.17) is 13.9 Å². The van der Waals surface area contributed by atoms with Gasteiger partial charge in [0.2, 0.25) is 0 Å². The molecule has 0 bridgehead atoms. The second kappa shape index (κ2) is 7.63. The Morgan fingerprint density at radius 1 is 1.14 bits per heavy atom. The van der Waals surface area contributed by atoms with Gasteiger partial charge < -0.3 is 19.2 Å². The third kappa shape index (κ3) is 4.25. The minimum absolute atomic E-state index is 0.0742. The second-order valence-corrected chi connectivity index (χ2v) is 5.67. The fraction of sp³-hybridized carbons (Fsp3) is 0.158.